The lowest BCUT2D eigenvalue weighted by atomic mass is 10.1. The molecule has 0 spiro atoms. The average molecular weight is 274 g/mol. The first kappa shape index (κ1) is 10.1. The Hall–Kier alpha value is -1.43. The van der Waals surface area contributed by atoms with E-state index in [2.05, 4.69) is 26.1 Å². The van der Waals surface area contributed by atoms with Crippen molar-refractivity contribution in [2.75, 3.05) is 5.73 Å². The molecule has 0 radical (unpaired) electrons. The minimum Gasteiger partial charge on any atom is -0.380 e. The molecule has 1 aromatic heterocycles. The van der Waals surface area contributed by atoms with Gasteiger partial charge in [0, 0.05) is 5.56 Å². The summed E-state index contributed by atoms with van der Waals surface area (Å²) in [7, 11) is 0. The molecule has 0 atom stereocenters. The van der Waals surface area contributed by atoms with E-state index < -0.39 is 11.6 Å². The molecule has 0 unspecified atom stereocenters. The lowest BCUT2D eigenvalue weighted by Gasteiger charge is -1.99. The van der Waals surface area contributed by atoms with Crippen molar-refractivity contribution < 1.29 is 8.78 Å². The van der Waals surface area contributed by atoms with Gasteiger partial charge in [-0.25, -0.2) is 8.78 Å². The Morgan fingerprint density at radius 1 is 1.33 bits per heavy atom. The SMILES string of the molecule is Nc1n[nH]c(-c2ccc(Br)c(F)c2)c1F. The number of hydrogen-bond acceptors (Lipinski definition) is 2. The molecule has 3 N–H and O–H groups in total. The fourth-order valence-corrected chi connectivity index (χ4v) is 1.43. The second-order valence-corrected chi connectivity index (χ2v) is 3.78. The van der Waals surface area contributed by atoms with Gasteiger partial charge >= 0.3 is 0 Å². The molecule has 3 nitrogen and oxygen atoms in total. The molecule has 6 heteroatoms. The highest BCUT2D eigenvalue weighted by Gasteiger charge is 2.13. The first-order chi connectivity index (χ1) is 7.09. The number of halogens is 3. The van der Waals surface area contributed by atoms with Crippen LogP contribution in [0.2, 0.25) is 0 Å². The molecule has 0 aliphatic rings. The number of nitrogens with one attached hydrogen (secondary N) is 1. The van der Waals surface area contributed by atoms with E-state index >= 15 is 0 Å². The predicted molar refractivity (Wildman–Crippen MR) is 56.1 cm³/mol. The van der Waals surface area contributed by atoms with E-state index in [4.69, 9.17) is 5.73 Å². The molecule has 0 saturated carbocycles. The monoisotopic (exact) mass is 273 g/mol. The molecule has 0 fully saturated rings. The van der Waals surface area contributed by atoms with E-state index in [1.807, 2.05) is 0 Å². The molecule has 1 aromatic carbocycles. The zero-order chi connectivity index (χ0) is 11.0. The predicted octanol–water partition coefficient (Wildman–Crippen LogP) is 2.70. The van der Waals surface area contributed by atoms with Crippen molar-refractivity contribution >= 4 is 21.7 Å². The molecule has 78 valence electrons. The summed E-state index contributed by atoms with van der Waals surface area (Å²) in [6.07, 6.45) is 0. The number of hydrogen-bond donors (Lipinski definition) is 2. The highest BCUT2D eigenvalue weighted by atomic mass is 79.9. The van der Waals surface area contributed by atoms with E-state index in [1.165, 1.54) is 12.1 Å². The molecule has 0 saturated heterocycles. The average Bonchev–Trinajstić information content (AvgIpc) is 2.53. The number of H-pyrrole nitrogens is 1. The van der Waals surface area contributed by atoms with Crippen molar-refractivity contribution in [1.29, 1.82) is 0 Å². The Balaban J connectivity index is 2.55. The number of rotatable bonds is 1. The number of anilines is 1. The van der Waals surface area contributed by atoms with Crippen LogP contribution in [0.1, 0.15) is 0 Å². The summed E-state index contributed by atoms with van der Waals surface area (Å²) in [5, 5.41) is 5.89. The van der Waals surface area contributed by atoms with Gasteiger partial charge in [-0.3, -0.25) is 5.10 Å². The number of nitrogens with two attached hydrogens (primary N) is 1. The van der Waals surface area contributed by atoms with E-state index in [1.54, 1.807) is 6.07 Å². The lowest BCUT2D eigenvalue weighted by molar-refractivity contribution is 0.620. The maximum atomic E-state index is 13.3. The van der Waals surface area contributed by atoms with Gasteiger partial charge in [-0.05, 0) is 28.1 Å². The molecular formula is C9H6BrF2N3. The number of nitrogens with zero attached hydrogens (tertiary/aromatic N) is 1. The summed E-state index contributed by atoms with van der Waals surface area (Å²) in [6, 6.07) is 4.24. The van der Waals surface area contributed by atoms with E-state index in [0.29, 0.717) is 10.0 Å². The van der Waals surface area contributed by atoms with Crippen molar-refractivity contribution in [2.45, 2.75) is 0 Å². The topological polar surface area (TPSA) is 54.7 Å². The zero-order valence-electron chi connectivity index (χ0n) is 7.39. The summed E-state index contributed by atoms with van der Waals surface area (Å²) in [5.41, 5.74) is 5.67. The van der Waals surface area contributed by atoms with Crippen molar-refractivity contribution in [1.82, 2.24) is 10.2 Å². The molecule has 2 aromatic rings. The molecule has 2 rings (SSSR count). The maximum absolute atomic E-state index is 13.3. The number of nitrogen functional groups attached to an aromatic ring is 1. The minimum atomic E-state index is -0.670. The number of aromatic nitrogens is 2. The second-order valence-electron chi connectivity index (χ2n) is 2.93. The van der Waals surface area contributed by atoms with Gasteiger partial charge in [0.1, 0.15) is 11.5 Å². The Morgan fingerprint density at radius 2 is 2.07 bits per heavy atom. The molecule has 0 amide bonds. The van der Waals surface area contributed by atoms with Crippen molar-refractivity contribution in [3.8, 4) is 11.3 Å². The Bertz CT molecular complexity index is 510. The van der Waals surface area contributed by atoms with Crippen LogP contribution < -0.4 is 5.73 Å². The van der Waals surface area contributed by atoms with Crippen LogP contribution in [-0.2, 0) is 0 Å². The summed E-state index contributed by atoms with van der Waals surface area (Å²) in [4.78, 5) is 0. The van der Waals surface area contributed by atoms with Gasteiger partial charge in [0.2, 0.25) is 0 Å². The molecule has 0 aliphatic heterocycles. The third-order valence-electron chi connectivity index (χ3n) is 1.94. The molecule has 15 heavy (non-hydrogen) atoms. The third kappa shape index (κ3) is 1.72. The Labute approximate surface area is 92.4 Å². The highest BCUT2D eigenvalue weighted by molar-refractivity contribution is 9.10. The van der Waals surface area contributed by atoms with Gasteiger partial charge in [0.05, 0.1) is 4.47 Å². The number of aromatic amines is 1. The maximum Gasteiger partial charge on any atom is 0.192 e. The second kappa shape index (κ2) is 3.62. The highest BCUT2D eigenvalue weighted by Crippen LogP contribution is 2.26. The Morgan fingerprint density at radius 3 is 2.60 bits per heavy atom. The molecule has 0 bridgehead atoms. The summed E-state index contributed by atoms with van der Waals surface area (Å²) in [6.45, 7) is 0. The van der Waals surface area contributed by atoms with Crippen LogP contribution in [0.25, 0.3) is 11.3 Å². The van der Waals surface area contributed by atoms with Crippen LogP contribution in [0.3, 0.4) is 0 Å². The zero-order valence-corrected chi connectivity index (χ0v) is 8.98. The van der Waals surface area contributed by atoms with Gasteiger partial charge in [0.15, 0.2) is 11.6 Å². The quantitative estimate of drug-likeness (QED) is 0.840. The van der Waals surface area contributed by atoms with Crippen LogP contribution in [0.4, 0.5) is 14.6 Å². The van der Waals surface area contributed by atoms with E-state index in [9.17, 15) is 8.78 Å². The first-order valence-electron chi connectivity index (χ1n) is 4.04. The van der Waals surface area contributed by atoms with Crippen LogP contribution in [-0.4, -0.2) is 10.2 Å². The fraction of sp³-hybridized carbons (Fsp3) is 0. The van der Waals surface area contributed by atoms with E-state index in [-0.39, 0.29) is 11.5 Å². The van der Waals surface area contributed by atoms with Crippen LogP contribution in [0.15, 0.2) is 22.7 Å². The van der Waals surface area contributed by atoms with Crippen LogP contribution in [0.5, 0.6) is 0 Å². The van der Waals surface area contributed by atoms with E-state index in [0.717, 1.165) is 0 Å². The lowest BCUT2D eigenvalue weighted by Crippen LogP contribution is -1.88. The van der Waals surface area contributed by atoms with Crippen molar-refractivity contribution in [3.63, 3.8) is 0 Å². The number of benzene rings is 1. The van der Waals surface area contributed by atoms with Crippen LogP contribution >= 0.6 is 15.9 Å². The summed E-state index contributed by atoms with van der Waals surface area (Å²) in [5.74, 6) is -1.37. The first-order valence-corrected chi connectivity index (χ1v) is 4.83. The third-order valence-corrected chi connectivity index (χ3v) is 2.58. The van der Waals surface area contributed by atoms with Gasteiger partial charge in [-0.2, -0.15) is 5.10 Å². The van der Waals surface area contributed by atoms with Crippen LogP contribution in [0, 0.1) is 11.6 Å². The Kier molecular flexibility index (Phi) is 2.44. The summed E-state index contributed by atoms with van der Waals surface area (Å²) >= 11 is 3.01. The molecule has 0 aliphatic carbocycles. The van der Waals surface area contributed by atoms with Gasteiger partial charge < -0.3 is 5.73 Å². The van der Waals surface area contributed by atoms with Gasteiger partial charge in [-0.1, -0.05) is 6.07 Å². The normalized spacial score (nSPS) is 10.6. The summed E-state index contributed by atoms with van der Waals surface area (Å²) < 4.78 is 26.8. The standard InChI is InChI=1S/C9H6BrF2N3/c10-5-2-1-4(3-6(5)11)8-7(12)9(13)15-14-8/h1-3H,(H3,13,14,15). The molecular weight excluding hydrogens is 268 g/mol. The van der Waals surface area contributed by atoms with Crippen molar-refractivity contribution in [3.05, 3.63) is 34.3 Å². The molecule has 1 heterocycles. The minimum absolute atomic E-state index is 0.0823. The largest absolute Gasteiger partial charge is 0.380 e. The van der Waals surface area contributed by atoms with Crippen molar-refractivity contribution in [2.24, 2.45) is 0 Å². The van der Waals surface area contributed by atoms with Gasteiger partial charge in [0.25, 0.3) is 0 Å². The smallest absolute Gasteiger partial charge is 0.192 e. The fourth-order valence-electron chi connectivity index (χ4n) is 1.19. The van der Waals surface area contributed by atoms with Gasteiger partial charge in [-0.15, -0.1) is 0 Å².